The molecule has 0 N–H and O–H groups in total. The summed E-state index contributed by atoms with van der Waals surface area (Å²) >= 11 is 0. The van der Waals surface area contributed by atoms with Crippen molar-refractivity contribution in [1.29, 1.82) is 0 Å². The molecule has 1 aliphatic rings. The molecule has 0 bridgehead atoms. The van der Waals surface area contributed by atoms with Gasteiger partial charge in [0, 0.05) is 23.9 Å². The lowest BCUT2D eigenvalue weighted by Crippen LogP contribution is -2.44. The van der Waals surface area contributed by atoms with Crippen LogP contribution < -0.4 is 0 Å². The summed E-state index contributed by atoms with van der Waals surface area (Å²) in [6.45, 7) is 6.19. The average Bonchev–Trinajstić information content (AvgIpc) is 2.27. The molecule has 7 nitrogen and oxygen atoms in total. The van der Waals surface area contributed by atoms with E-state index in [2.05, 4.69) is 10.0 Å². The van der Waals surface area contributed by atoms with Crippen LogP contribution in [0.25, 0.3) is 10.4 Å². The van der Waals surface area contributed by atoms with Crippen LogP contribution in [0.4, 0.5) is 4.79 Å². The van der Waals surface area contributed by atoms with Crippen molar-refractivity contribution in [1.82, 2.24) is 4.90 Å². The van der Waals surface area contributed by atoms with Crippen LogP contribution in [0.3, 0.4) is 0 Å². The van der Waals surface area contributed by atoms with Crippen molar-refractivity contribution < 1.29 is 14.3 Å². The van der Waals surface area contributed by atoms with Crippen LogP contribution in [0.2, 0.25) is 0 Å². The Morgan fingerprint density at radius 2 is 2.11 bits per heavy atom. The minimum Gasteiger partial charge on any atom is -0.444 e. The molecule has 1 unspecified atom stereocenters. The van der Waals surface area contributed by atoms with E-state index < -0.39 is 23.5 Å². The van der Waals surface area contributed by atoms with Crippen LogP contribution in [0.15, 0.2) is 5.11 Å². The van der Waals surface area contributed by atoms with Crippen LogP contribution in [0, 0.1) is 5.92 Å². The standard InChI is InChI=1S/C11H18N4O3/c1-11(2,3)18-10(17)15-6-4-5-8(7-15)9(16)13-14-12/h8H,4-7H2,1-3H3. The molecule has 1 atom stereocenters. The first-order valence-corrected chi connectivity index (χ1v) is 5.90. The topological polar surface area (TPSA) is 95.4 Å². The lowest BCUT2D eigenvalue weighted by molar-refractivity contribution is -0.123. The zero-order valence-corrected chi connectivity index (χ0v) is 10.9. The van der Waals surface area contributed by atoms with Gasteiger partial charge in [0.1, 0.15) is 5.60 Å². The van der Waals surface area contributed by atoms with Crippen molar-refractivity contribution >= 4 is 12.0 Å². The van der Waals surface area contributed by atoms with E-state index in [1.807, 2.05) is 0 Å². The molecule has 1 saturated heterocycles. The van der Waals surface area contributed by atoms with Crippen LogP contribution in [0.1, 0.15) is 33.6 Å². The number of carbonyl (C=O) groups excluding carboxylic acids is 2. The molecule has 0 spiro atoms. The number of hydrogen-bond acceptors (Lipinski definition) is 3. The van der Waals surface area contributed by atoms with Gasteiger partial charge in [0.2, 0.25) is 5.91 Å². The molecular formula is C11H18N4O3. The van der Waals surface area contributed by atoms with Gasteiger partial charge in [-0.1, -0.05) is 0 Å². The highest BCUT2D eigenvalue weighted by Gasteiger charge is 2.30. The quantitative estimate of drug-likeness (QED) is 0.408. The summed E-state index contributed by atoms with van der Waals surface area (Å²) < 4.78 is 5.24. The number of nitrogens with zero attached hydrogens (tertiary/aromatic N) is 4. The Morgan fingerprint density at radius 1 is 1.44 bits per heavy atom. The maximum Gasteiger partial charge on any atom is 0.410 e. The lowest BCUT2D eigenvalue weighted by atomic mass is 9.98. The highest BCUT2D eigenvalue weighted by atomic mass is 16.6. The van der Waals surface area contributed by atoms with Crippen LogP contribution in [-0.2, 0) is 9.53 Å². The van der Waals surface area contributed by atoms with Gasteiger partial charge in [-0.3, -0.25) is 4.79 Å². The van der Waals surface area contributed by atoms with Gasteiger partial charge in [0.15, 0.2) is 0 Å². The van der Waals surface area contributed by atoms with Crippen molar-refractivity contribution in [3.05, 3.63) is 10.4 Å². The van der Waals surface area contributed by atoms with Gasteiger partial charge in [-0.15, -0.1) is 0 Å². The summed E-state index contributed by atoms with van der Waals surface area (Å²) in [4.78, 5) is 27.3. The Balaban J connectivity index is 2.61. The first-order chi connectivity index (χ1) is 8.33. The number of ether oxygens (including phenoxy) is 1. The van der Waals surface area contributed by atoms with Crippen molar-refractivity contribution in [3.8, 4) is 0 Å². The Kier molecular flexibility index (Phi) is 4.55. The van der Waals surface area contributed by atoms with E-state index >= 15 is 0 Å². The van der Waals surface area contributed by atoms with Crippen molar-refractivity contribution in [2.75, 3.05) is 13.1 Å². The number of azide groups is 1. The molecular weight excluding hydrogens is 236 g/mol. The van der Waals surface area contributed by atoms with E-state index in [9.17, 15) is 9.59 Å². The smallest absolute Gasteiger partial charge is 0.410 e. The fourth-order valence-corrected chi connectivity index (χ4v) is 1.80. The summed E-state index contributed by atoms with van der Waals surface area (Å²) in [6.07, 6.45) is 0.911. The van der Waals surface area contributed by atoms with Gasteiger partial charge in [-0.05, 0) is 44.3 Å². The molecule has 7 heteroatoms. The summed E-state index contributed by atoms with van der Waals surface area (Å²) in [5.74, 6) is -0.923. The third kappa shape index (κ3) is 4.25. The fraction of sp³-hybridized carbons (Fsp3) is 0.818. The molecule has 2 amide bonds. The molecule has 1 aliphatic heterocycles. The molecule has 1 rings (SSSR count). The number of carbonyl (C=O) groups is 2. The van der Waals surface area contributed by atoms with Crippen molar-refractivity contribution in [2.24, 2.45) is 11.0 Å². The minimum atomic E-state index is -0.557. The molecule has 100 valence electrons. The summed E-state index contributed by atoms with van der Waals surface area (Å²) in [7, 11) is 0. The summed E-state index contributed by atoms with van der Waals surface area (Å²) in [5.41, 5.74) is 7.67. The largest absolute Gasteiger partial charge is 0.444 e. The maximum atomic E-state index is 11.8. The van der Waals surface area contributed by atoms with Crippen molar-refractivity contribution in [3.63, 3.8) is 0 Å². The Hall–Kier alpha value is -1.75. The summed E-state index contributed by atoms with van der Waals surface area (Å²) in [6, 6.07) is 0. The van der Waals surface area contributed by atoms with E-state index in [1.54, 1.807) is 20.8 Å². The van der Waals surface area contributed by atoms with Gasteiger partial charge >= 0.3 is 6.09 Å². The maximum absolute atomic E-state index is 11.8. The monoisotopic (exact) mass is 254 g/mol. The summed E-state index contributed by atoms with van der Waals surface area (Å²) in [5, 5.41) is 3.08. The van der Waals surface area contributed by atoms with E-state index in [0.29, 0.717) is 19.4 Å². The predicted molar refractivity (Wildman–Crippen MR) is 64.7 cm³/mol. The van der Waals surface area contributed by atoms with Crippen LogP contribution in [-0.4, -0.2) is 35.6 Å². The predicted octanol–water partition coefficient (Wildman–Crippen LogP) is 2.47. The van der Waals surface area contributed by atoms with E-state index in [4.69, 9.17) is 10.3 Å². The third-order valence-electron chi connectivity index (χ3n) is 2.57. The van der Waals surface area contributed by atoms with Gasteiger partial charge in [-0.25, -0.2) is 4.79 Å². The zero-order chi connectivity index (χ0) is 13.8. The molecule has 0 aromatic rings. The van der Waals surface area contributed by atoms with E-state index in [0.717, 1.165) is 0 Å². The molecule has 0 aromatic carbocycles. The van der Waals surface area contributed by atoms with Gasteiger partial charge in [0.05, 0.1) is 0 Å². The van der Waals surface area contributed by atoms with Crippen molar-refractivity contribution in [2.45, 2.75) is 39.2 Å². The molecule has 0 radical (unpaired) electrons. The second kappa shape index (κ2) is 5.73. The molecule has 0 saturated carbocycles. The molecule has 0 aromatic heterocycles. The first kappa shape index (κ1) is 14.3. The Labute approximate surface area is 106 Å². The number of hydrogen-bond donors (Lipinski definition) is 0. The number of rotatable bonds is 1. The Bertz CT molecular complexity index is 382. The normalized spacial score (nSPS) is 19.9. The fourth-order valence-electron chi connectivity index (χ4n) is 1.80. The van der Waals surface area contributed by atoms with Crippen LogP contribution in [0.5, 0.6) is 0 Å². The third-order valence-corrected chi connectivity index (χ3v) is 2.57. The minimum absolute atomic E-state index is 0.257. The molecule has 1 heterocycles. The lowest BCUT2D eigenvalue weighted by Gasteiger charge is -2.32. The highest BCUT2D eigenvalue weighted by Crippen LogP contribution is 2.20. The van der Waals surface area contributed by atoms with Crippen LogP contribution >= 0.6 is 0 Å². The molecule has 0 aliphatic carbocycles. The van der Waals surface area contributed by atoms with Gasteiger partial charge in [-0.2, -0.15) is 0 Å². The highest BCUT2D eigenvalue weighted by molar-refractivity contribution is 5.80. The van der Waals surface area contributed by atoms with Gasteiger partial charge < -0.3 is 9.64 Å². The van der Waals surface area contributed by atoms with E-state index in [-0.39, 0.29) is 6.54 Å². The molecule has 1 fully saturated rings. The second-order valence-corrected chi connectivity index (χ2v) is 5.29. The van der Waals surface area contributed by atoms with E-state index in [1.165, 1.54) is 4.90 Å². The second-order valence-electron chi connectivity index (χ2n) is 5.29. The SMILES string of the molecule is CC(C)(C)OC(=O)N1CCCC(C(=O)N=[N+]=[N-])C1. The number of likely N-dealkylation sites (tertiary alicyclic amines) is 1. The first-order valence-electron chi connectivity index (χ1n) is 5.90. The Morgan fingerprint density at radius 3 is 2.67 bits per heavy atom. The average molecular weight is 254 g/mol. The van der Waals surface area contributed by atoms with Gasteiger partial charge in [0.25, 0.3) is 0 Å². The number of amides is 2. The number of piperidine rings is 1. The molecule has 18 heavy (non-hydrogen) atoms. The zero-order valence-electron chi connectivity index (χ0n) is 10.9.